The molecule has 3 fully saturated rings. The summed E-state index contributed by atoms with van der Waals surface area (Å²) < 4.78 is 0. The largest absolute Gasteiger partial charge is 0.351 e. The van der Waals surface area contributed by atoms with E-state index in [1.54, 1.807) is 11.8 Å². The van der Waals surface area contributed by atoms with Gasteiger partial charge in [0.2, 0.25) is 11.8 Å². The molecule has 0 bridgehead atoms. The highest BCUT2D eigenvalue weighted by atomic mass is 32.2. The minimum atomic E-state index is -0.482. The predicted molar refractivity (Wildman–Crippen MR) is 152 cm³/mol. The molecule has 1 aromatic carbocycles. The normalized spacial score (nSPS) is 24.3. The summed E-state index contributed by atoms with van der Waals surface area (Å²) >= 11 is 3.59. The standard InChI is InChI=1S/C28H44N4O2S2/c1-28(2)31-25(20-36-28)27(34)30-24(19-35-18-22-11-7-4-8-12-22)26(33)29-23-13-15-32(16-14-23)17-21-9-5-3-6-10-21/h3,5-6,9-10,22-25,31H,4,7-8,11-20H2,1-2H3,(H,29,33)(H,30,34)/t24?,25-/m0/s1. The first-order valence-electron chi connectivity index (χ1n) is 13.7. The maximum absolute atomic E-state index is 13.4. The molecule has 2 heterocycles. The first-order chi connectivity index (χ1) is 17.4. The Kier molecular flexibility index (Phi) is 10.5. The number of carbonyl (C=O) groups excluding carboxylic acids is 2. The van der Waals surface area contributed by atoms with Crippen molar-refractivity contribution in [3.8, 4) is 0 Å². The van der Waals surface area contributed by atoms with Crippen LogP contribution in [0.1, 0.15) is 64.4 Å². The first-order valence-corrected chi connectivity index (χ1v) is 15.9. The van der Waals surface area contributed by atoms with E-state index in [9.17, 15) is 9.59 Å². The topological polar surface area (TPSA) is 73.5 Å². The van der Waals surface area contributed by atoms with Crippen LogP contribution >= 0.6 is 23.5 Å². The van der Waals surface area contributed by atoms with Crippen LogP contribution in [-0.4, -0.2) is 70.1 Å². The Labute approximate surface area is 225 Å². The fourth-order valence-corrected chi connectivity index (χ4v) is 7.79. The summed E-state index contributed by atoms with van der Waals surface area (Å²) in [7, 11) is 0. The maximum atomic E-state index is 13.4. The van der Waals surface area contributed by atoms with E-state index in [1.807, 2.05) is 11.8 Å². The summed E-state index contributed by atoms with van der Waals surface area (Å²) in [5, 5.41) is 9.79. The lowest BCUT2D eigenvalue weighted by Crippen LogP contribution is -2.56. The van der Waals surface area contributed by atoms with E-state index in [4.69, 9.17) is 0 Å². The molecule has 2 aliphatic heterocycles. The minimum Gasteiger partial charge on any atom is -0.351 e. The second-order valence-electron chi connectivity index (χ2n) is 11.2. The zero-order valence-electron chi connectivity index (χ0n) is 22.0. The molecule has 200 valence electrons. The number of nitrogens with zero attached hydrogens (tertiary/aromatic N) is 1. The highest BCUT2D eigenvalue weighted by Crippen LogP contribution is 2.29. The van der Waals surface area contributed by atoms with Crippen LogP contribution in [-0.2, 0) is 16.1 Å². The van der Waals surface area contributed by atoms with E-state index in [0.717, 1.165) is 49.9 Å². The number of benzene rings is 1. The van der Waals surface area contributed by atoms with Crippen molar-refractivity contribution >= 4 is 35.3 Å². The number of nitrogens with one attached hydrogen (secondary N) is 3. The number of hydrogen-bond donors (Lipinski definition) is 3. The van der Waals surface area contributed by atoms with Gasteiger partial charge in [-0.05, 0) is 56.8 Å². The number of carbonyl (C=O) groups is 2. The minimum absolute atomic E-state index is 0.0223. The van der Waals surface area contributed by atoms with Gasteiger partial charge in [-0.1, -0.05) is 49.6 Å². The van der Waals surface area contributed by atoms with Crippen molar-refractivity contribution < 1.29 is 9.59 Å². The third-order valence-corrected chi connectivity index (χ3v) is 10.2. The molecule has 2 saturated heterocycles. The molecule has 1 unspecified atom stereocenters. The Balaban J connectivity index is 1.27. The third-order valence-electron chi connectivity index (χ3n) is 7.63. The molecule has 3 aliphatic rings. The number of rotatable bonds is 10. The second-order valence-corrected chi connectivity index (χ2v) is 13.9. The monoisotopic (exact) mass is 532 g/mol. The molecule has 0 spiro atoms. The zero-order chi connectivity index (χ0) is 25.4. The molecular weight excluding hydrogens is 488 g/mol. The molecule has 6 nitrogen and oxygen atoms in total. The van der Waals surface area contributed by atoms with E-state index >= 15 is 0 Å². The molecule has 36 heavy (non-hydrogen) atoms. The van der Waals surface area contributed by atoms with Crippen LogP contribution in [0.15, 0.2) is 30.3 Å². The molecule has 8 heteroatoms. The molecule has 0 aromatic heterocycles. The van der Waals surface area contributed by atoms with Crippen molar-refractivity contribution in [3.63, 3.8) is 0 Å². The zero-order valence-corrected chi connectivity index (χ0v) is 23.6. The van der Waals surface area contributed by atoms with E-state index in [0.29, 0.717) is 5.75 Å². The van der Waals surface area contributed by atoms with Crippen molar-refractivity contribution in [1.82, 2.24) is 20.9 Å². The van der Waals surface area contributed by atoms with Gasteiger partial charge in [0.05, 0.1) is 10.9 Å². The summed E-state index contributed by atoms with van der Waals surface area (Å²) in [6.45, 7) is 7.11. The van der Waals surface area contributed by atoms with Crippen LogP contribution in [0.5, 0.6) is 0 Å². The average molecular weight is 533 g/mol. The third kappa shape index (κ3) is 8.67. The molecular formula is C28H44N4O2S2. The van der Waals surface area contributed by atoms with Gasteiger partial charge in [-0.15, -0.1) is 11.8 Å². The summed E-state index contributed by atoms with van der Waals surface area (Å²) in [4.78, 5) is 28.8. The van der Waals surface area contributed by atoms with E-state index in [-0.39, 0.29) is 28.8 Å². The van der Waals surface area contributed by atoms with Crippen LogP contribution in [0.2, 0.25) is 0 Å². The van der Waals surface area contributed by atoms with E-state index in [1.165, 1.54) is 37.7 Å². The van der Waals surface area contributed by atoms with Crippen molar-refractivity contribution in [2.24, 2.45) is 5.92 Å². The summed E-state index contributed by atoms with van der Waals surface area (Å²) in [5.41, 5.74) is 1.33. The maximum Gasteiger partial charge on any atom is 0.243 e. The van der Waals surface area contributed by atoms with Crippen LogP contribution in [0.4, 0.5) is 0 Å². The highest BCUT2D eigenvalue weighted by Gasteiger charge is 2.36. The van der Waals surface area contributed by atoms with Crippen molar-refractivity contribution in [2.75, 3.05) is 30.3 Å². The number of likely N-dealkylation sites (tertiary alicyclic amines) is 1. The molecule has 1 aliphatic carbocycles. The average Bonchev–Trinajstić information content (AvgIpc) is 3.25. The lowest BCUT2D eigenvalue weighted by molar-refractivity contribution is -0.129. The van der Waals surface area contributed by atoms with Crippen molar-refractivity contribution in [1.29, 1.82) is 0 Å². The highest BCUT2D eigenvalue weighted by molar-refractivity contribution is 8.00. The molecule has 1 aromatic rings. The van der Waals surface area contributed by atoms with Crippen molar-refractivity contribution in [3.05, 3.63) is 35.9 Å². The van der Waals surface area contributed by atoms with Gasteiger partial charge >= 0.3 is 0 Å². The van der Waals surface area contributed by atoms with Crippen LogP contribution < -0.4 is 16.0 Å². The van der Waals surface area contributed by atoms with Gasteiger partial charge in [-0.2, -0.15) is 11.8 Å². The summed E-state index contributed by atoms with van der Waals surface area (Å²) in [5.74, 6) is 3.15. The Morgan fingerprint density at radius 3 is 2.50 bits per heavy atom. The van der Waals surface area contributed by atoms with Gasteiger partial charge in [0, 0.05) is 37.2 Å². The quantitative estimate of drug-likeness (QED) is 0.423. The van der Waals surface area contributed by atoms with Gasteiger partial charge < -0.3 is 10.6 Å². The number of thioether (sulfide) groups is 2. The fourth-order valence-electron chi connectivity index (χ4n) is 5.48. The molecule has 2 amide bonds. The van der Waals surface area contributed by atoms with Gasteiger partial charge in [0.25, 0.3) is 0 Å². The number of hydrogen-bond acceptors (Lipinski definition) is 6. The Morgan fingerprint density at radius 1 is 1.11 bits per heavy atom. The molecule has 3 N–H and O–H groups in total. The lowest BCUT2D eigenvalue weighted by Gasteiger charge is -2.33. The van der Waals surface area contributed by atoms with Gasteiger partial charge in [0.15, 0.2) is 0 Å². The van der Waals surface area contributed by atoms with Crippen LogP contribution in [0.3, 0.4) is 0 Å². The number of piperidine rings is 1. The smallest absolute Gasteiger partial charge is 0.243 e. The Hall–Kier alpha value is -1.22. The van der Waals surface area contributed by atoms with Gasteiger partial charge in [-0.3, -0.25) is 19.8 Å². The number of amides is 2. The summed E-state index contributed by atoms with van der Waals surface area (Å²) in [6, 6.07) is 10.0. The molecule has 2 atom stereocenters. The van der Waals surface area contributed by atoms with Gasteiger partial charge in [-0.25, -0.2) is 0 Å². The molecule has 1 saturated carbocycles. The first kappa shape index (κ1) is 27.8. The van der Waals surface area contributed by atoms with E-state index in [2.05, 4.69) is 65.0 Å². The lowest BCUT2D eigenvalue weighted by atomic mass is 9.91. The summed E-state index contributed by atoms with van der Waals surface area (Å²) in [6.07, 6.45) is 8.51. The Bertz CT molecular complexity index is 839. The molecule has 4 rings (SSSR count). The SMILES string of the molecule is CC1(C)N[C@H](C(=O)NC(CSCC2CCCCC2)C(=O)NC2CCN(Cc3ccccc3)CC2)CS1. The van der Waals surface area contributed by atoms with Crippen molar-refractivity contribution in [2.45, 2.75) is 88.3 Å². The van der Waals surface area contributed by atoms with Crippen LogP contribution in [0.25, 0.3) is 0 Å². The van der Waals surface area contributed by atoms with E-state index < -0.39 is 6.04 Å². The second kappa shape index (κ2) is 13.5. The molecule has 0 radical (unpaired) electrons. The predicted octanol–water partition coefficient (Wildman–Crippen LogP) is 4.01. The Morgan fingerprint density at radius 2 is 1.83 bits per heavy atom. The fraction of sp³-hybridized carbons (Fsp3) is 0.714. The van der Waals surface area contributed by atoms with Gasteiger partial charge in [0.1, 0.15) is 6.04 Å². The van der Waals surface area contributed by atoms with Crippen LogP contribution in [0, 0.1) is 5.92 Å².